The molecule has 1 saturated heterocycles. The van der Waals surface area contributed by atoms with Crippen LogP contribution in [0.15, 0.2) is 30.3 Å². The molecule has 1 aromatic heterocycles. The number of nitrogens with zero attached hydrogens (tertiary/aromatic N) is 2. The van der Waals surface area contributed by atoms with Gasteiger partial charge in [-0.3, -0.25) is 9.78 Å². The second kappa shape index (κ2) is 4.78. The molecule has 2 heterocycles. The quantitative estimate of drug-likeness (QED) is 0.911. The highest BCUT2D eigenvalue weighted by atomic mass is 16.4. The van der Waals surface area contributed by atoms with Crippen LogP contribution < -0.4 is 4.90 Å². The van der Waals surface area contributed by atoms with E-state index in [2.05, 4.69) is 22.0 Å². The number of hydrogen-bond donors (Lipinski definition) is 1. The van der Waals surface area contributed by atoms with Crippen molar-refractivity contribution in [3.8, 4) is 0 Å². The average molecular weight is 270 g/mol. The molecule has 0 aliphatic carbocycles. The first kappa shape index (κ1) is 12.9. The Labute approximate surface area is 118 Å². The van der Waals surface area contributed by atoms with E-state index in [1.807, 2.05) is 32.0 Å². The van der Waals surface area contributed by atoms with Crippen molar-refractivity contribution in [2.24, 2.45) is 5.92 Å². The van der Waals surface area contributed by atoms with Crippen LogP contribution in [0, 0.1) is 12.8 Å². The number of para-hydroxylation sites is 1. The molecule has 0 amide bonds. The third-order valence-electron chi connectivity index (χ3n) is 4.20. The van der Waals surface area contributed by atoms with Crippen LogP contribution in [-0.2, 0) is 4.79 Å². The molecule has 4 nitrogen and oxygen atoms in total. The highest BCUT2D eigenvalue weighted by molar-refractivity contribution is 5.92. The lowest BCUT2D eigenvalue weighted by Gasteiger charge is -2.27. The Bertz CT molecular complexity index is 669. The number of rotatable bonds is 2. The van der Waals surface area contributed by atoms with Crippen LogP contribution in [0.4, 0.5) is 5.69 Å². The second-order valence-electron chi connectivity index (χ2n) is 5.47. The SMILES string of the molecule is Cc1cc(N2CCC(C(=O)O)C2C)c2ccccc2n1. The van der Waals surface area contributed by atoms with Gasteiger partial charge in [-0.15, -0.1) is 0 Å². The van der Waals surface area contributed by atoms with Crippen LogP contribution in [0.25, 0.3) is 10.9 Å². The lowest BCUT2D eigenvalue weighted by molar-refractivity contribution is -0.141. The van der Waals surface area contributed by atoms with Gasteiger partial charge in [0.25, 0.3) is 0 Å². The number of anilines is 1. The number of pyridine rings is 1. The third-order valence-corrected chi connectivity index (χ3v) is 4.20. The number of aliphatic carboxylic acids is 1. The van der Waals surface area contributed by atoms with Crippen LogP contribution >= 0.6 is 0 Å². The van der Waals surface area contributed by atoms with Gasteiger partial charge < -0.3 is 10.0 Å². The van der Waals surface area contributed by atoms with Crippen molar-refractivity contribution in [2.75, 3.05) is 11.4 Å². The minimum Gasteiger partial charge on any atom is -0.481 e. The van der Waals surface area contributed by atoms with Gasteiger partial charge in [-0.2, -0.15) is 0 Å². The molecule has 0 radical (unpaired) electrons. The molecule has 1 aliphatic heterocycles. The lowest BCUT2D eigenvalue weighted by atomic mass is 10.0. The van der Waals surface area contributed by atoms with Crippen LogP contribution in [0.2, 0.25) is 0 Å². The standard InChI is InChI=1S/C16H18N2O2/c1-10-9-15(13-5-3-4-6-14(13)17-10)18-8-7-12(11(18)2)16(19)20/h3-6,9,11-12H,7-8H2,1-2H3,(H,19,20). The van der Waals surface area contributed by atoms with E-state index in [-0.39, 0.29) is 12.0 Å². The summed E-state index contributed by atoms with van der Waals surface area (Å²) in [6.45, 7) is 4.76. The molecule has 2 aromatic rings. The molecule has 2 atom stereocenters. The van der Waals surface area contributed by atoms with E-state index in [1.165, 1.54) is 0 Å². The van der Waals surface area contributed by atoms with E-state index in [1.54, 1.807) is 0 Å². The minimum absolute atomic E-state index is 0.0118. The van der Waals surface area contributed by atoms with E-state index in [0.29, 0.717) is 6.42 Å². The highest BCUT2D eigenvalue weighted by Gasteiger charge is 2.36. The lowest BCUT2D eigenvalue weighted by Crippen LogP contribution is -2.33. The summed E-state index contributed by atoms with van der Waals surface area (Å²) in [5, 5.41) is 10.4. The molecule has 0 bridgehead atoms. The molecule has 1 N–H and O–H groups in total. The number of benzene rings is 1. The Morgan fingerprint density at radius 1 is 1.40 bits per heavy atom. The van der Waals surface area contributed by atoms with E-state index in [4.69, 9.17) is 0 Å². The molecule has 3 rings (SSSR count). The first-order valence-electron chi connectivity index (χ1n) is 6.94. The summed E-state index contributed by atoms with van der Waals surface area (Å²) in [7, 11) is 0. The highest BCUT2D eigenvalue weighted by Crippen LogP contribution is 2.34. The number of carboxylic acids is 1. The summed E-state index contributed by atoms with van der Waals surface area (Å²) in [6, 6.07) is 10.1. The van der Waals surface area contributed by atoms with Crippen molar-refractivity contribution >= 4 is 22.6 Å². The zero-order valence-electron chi connectivity index (χ0n) is 11.7. The van der Waals surface area contributed by atoms with Crippen molar-refractivity contribution in [1.29, 1.82) is 0 Å². The van der Waals surface area contributed by atoms with Crippen molar-refractivity contribution in [1.82, 2.24) is 4.98 Å². The topological polar surface area (TPSA) is 53.4 Å². The molecule has 0 spiro atoms. The minimum atomic E-state index is -0.699. The zero-order chi connectivity index (χ0) is 14.3. The Balaban J connectivity index is 2.09. The fourth-order valence-electron chi connectivity index (χ4n) is 3.13. The van der Waals surface area contributed by atoms with Crippen molar-refractivity contribution in [2.45, 2.75) is 26.3 Å². The zero-order valence-corrected chi connectivity index (χ0v) is 11.7. The van der Waals surface area contributed by atoms with E-state index < -0.39 is 5.97 Å². The van der Waals surface area contributed by atoms with Crippen molar-refractivity contribution < 1.29 is 9.90 Å². The second-order valence-corrected chi connectivity index (χ2v) is 5.47. The molecule has 0 saturated carbocycles. The molecule has 1 aliphatic rings. The van der Waals surface area contributed by atoms with E-state index in [9.17, 15) is 9.90 Å². The predicted octanol–water partition coefficient (Wildman–Crippen LogP) is 2.84. The maximum absolute atomic E-state index is 11.3. The maximum Gasteiger partial charge on any atom is 0.308 e. The molecular weight excluding hydrogens is 252 g/mol. The number of fused-ring (bicyclic) bond motifs is 1. The van der Waals surface area contributed by atoms with Crippen LogP contribution in [0.1, 0.15) is 19.0 Å². The Morgan fingerprint density at radius 2 is 2.15 bits per heavy atom. The molecule has 1 fully saturated rings. The first-order chi connectivity index (χ1) is 9.58. The van der Waals surface area contributed by atoms with Gasteiger partial charge in [0.2, 0.25) is 0 Å². The van der Waals surface area contributed by atoms with Crippen LogP contribution in [-0.4, -0.2) is 28.6 Å². The molecule has 2 unspecified atom stereocenters. The summed E-state index contributed by atoms with van der Waals surface area (Å²) in [5.74, 6) is -0.989. The number of carbonyl (C=O) groups is 1. The number of hydrogen-bond acceptors (Lipinski definition) is 3. The van der Waals surface area contributed by atoms with Crippen molar-refractivity contribution in [3.05, 3.63) is 36.0 Å². The monoisotopic (exact) mass is 270 g/mol. The van der Waals surface area contributed by atoms with E-state index >= 15 is 0 Å². The van der Waals surface area contributed by atoms with Gasteiger partial charge in [-0.05, 0) is 32.4 Å². The third kappa shape index (κ3) is 2.01. The molecular formula is C16H18N2O2. The predicted molar refractivity (Wildman–Crippen MR) is 79.0 cm³/mol. The van der Waals surface area contributed by atoms with Gasteiger partial charge in [0.1, 0.15) is 0 Å². The number of aryl methyl sites for hydroxylation is 1. The molecule has 4 heteroatoms. The number of carboxylic acid groups (broad SMARTS) is 1. The molecule has 20 heavy (non-hydrogen) atoms. The number of aromatic nitrogens is 1. The van der Waals surface area contributed by atoms with Gasteiger partial charge in [-0.25, -0.2) is 0 Å². The maximum atomic E-state index is 11.3. The summed E-state index contributed by atoms with van der Waals surface area (Å²) < 4.78 is 0. The smallest absolute Gasteiger partial charge is 0.308 e. The van der Waals surface area contributed by atoms with Crippen LogP contribution in [0.5, 0.6) is 0 Å². The normalized spacial score (nSPS) is 22.4. The Hall–Kier alpha value is -2.10. The fourth-order valence-corrected chi connectivity index (χ4v) is 3.13. The van der Waals surface area contributed by atoms with Gasteiger partial charge in [0.05, 0.1) is 11.4 Å². The van der Waals surface area contributed by atoms with Gasteiger partial charge in [0.15, 0.2) is 0 Å². The van der Waals surface area contributed by atoms with Gasteiger partial charge >= 0.3 is 5.97 Å². The summed E-state index contributed by atoms with van der Waals surface area (Å²) in [4.78, 5) is 18.0. The van der Waals surface area contributed by atoms with Crippen LogP contribution in [0.3, 0.4) is 0 Å². The first-order valence-corrected chi connectivity index (χ1v) is 6.94. The summed E-state index contributed by atoms with van der Waals surface area (Å²) in [5.41, 5.74) is 3.03. The molecule has 1 aromatic carbocycles. The fraction of sp³-hybridized carbons (Fsp3) is 0.375. The Kier molecular flexibility index (Phi) is 3.08. The van der Waals surface area contributed by atoms with Gasteiger partial charge in [-0.1, -0.05) is 18.2 Å². The average Bonchev–Trinajstić information content (AvgIpc) is 2.79. The van der Waals surface area contributed by atoms with E-state index in [0.717, 1.165) is 28.8 Å². The Morgan fingerprint density at radius 3 is 2.85 bits per heavy atom. The van der Waals surface area contributed by atoms with Crippen molar-refractivity contribution in [3.63, 3.8) is 0 Å². The summed E-state index contributed by atoms with van der Waals surface area (Å²) >= 11 is 0. The largest absolute Gasteiger partial charge is 0.481 e. The molecule has 104 valence electrons. The van der Waals surface area contributed by atoms with Gasteiger partial charge in [0, 0.05) is 29.4 Å². The summed E-state index contributed by atoms with van der Waals surface area (Å²) in [6.07, 6.45) is 0.701.